The predicted molar refractivity (Wildman–Crippen MR) is 53.1 cm³/mol. The lowest BCUT2D eigenvalue weighted by Crippen LogP contribution is -2.30. The first-order chi connectivity index (χ1) is 5.61. The average molecular weight is 168 g/mol. The maximum Gasteiger partial charge on any atom is 0.0128 e. The molecule has 0 bridgehead atoms. The summed E-state index contributed by atoms with van der Waals surface area (Å²) >= 11 is 0. The number of nitrogens with zero attached hydrogens (tertiary/aromatic N) is 2. The highest BCUT2D eigenvalue weighted by atomic mass is 15.1. The van der Waals surface area contributed by atoms with Crippen LogP contribution in [0.15, 0.2) is 11.8 Å². The quantitative estimate of drug-likeness (QED) is 0.617. The van der Waals surface area contributed by atoms with Gasteiger partial charge in [0.15, 0.2) is 0 Å². The molecule has 0 saturated heterocycles. The zero-order valence-corrected chi connectivity index (χ0v) is 8.67. The summed E-state index contributed by atoms with van der Waals surface area (Å²) < 4.78 is 0. The summed E-state index contributed by atoms with van der Waals surface area (Å²) in [4.78, 5) is 4.55. The second-order valence-corrected chi connectivity index (χ2v) is 3.98. The maximum absolute atomic E-state index is 2.37. The fourth-order valence-corrected chi connectivity index (χ4v) is 1.68. The Balaban J connectivity index is 2.47. The van der Waals surface area contributed by atoms with Gasteiger partial charge >= 0.3 is 0 Å². The van der Waals surface area contributed by atoms with Gasteiger partial charge in [0.05, 0.1) is 0 Å². The van der Waals surface area contributed by atoms with Gasteiger partial charge in [0.2, 0.25) is 0 Å². The topological polar surface area (TPSA) is 6.48 Å². The number of rotatable bonds is 2. The Morgan fingerprint density at radius 3 is 2.25 bits per heavy atom. The predicted octanol–water partition coefficient (Wildman–Crippen LogP) is 1.55. The minimum absolute atomic E-state index is 0.758. The van der Waals surface area contributed by atoms with Gasteiger partial charge in [-0.1, -0.05) is 6.08 Å². The molecule has 2 nitrogen and oxygen atoms in total. The molecule has 2 heteroatoms. The van der Waals surface area contributed by atoms with Crippen molar-refractivity contribution in [2.45, 2.75) is 25.3 Å². The van der Waals surface area contributed by atoms with Crippen LogP contribution in [0.4, 0.5) is 0 Å². The van der Waals surface area contributed by atoms with Crippen molar-refractivity contribution in [2.75, 3.05) is 28.2 Å². The lowest BCUT2D eigenvalue weighted by atomic mass is 9.98. The van der Waals surface area contributed by atoms with Crippen LogP contribution in [0.5, 0.6) is 0 Å². The molecule has 0 heterocycles. The lowest BCUT2D eigenvalue weighted by molar-refractivity contribution is 0.262. The molecule has 0 N–H and O–H groups in total. The second-order valence-electron chi connectivity index (χ2n) is 3.98. The zero-order valence-electron chi connectivity index (χ0n) is 8.67. The Morgan fingerprint density at radius 2 is 1.92 bits per heavy atom. The fourth-order valence-electron chi connectivity index (χ4n) is 1.68. The van der Waals surface area contributed by atoms with Crippen LogP contribution in [0, 0.1) is 0 Å². The minimum Gasteiger partial charge on any atom is -0.381 e. The minimum atomic E-state index is 0.758. The number of hydrogen-bond donors (Lipinski definition) is 0. The Bertz CT molecular complexity index is 171. The highest BCUT2D eigenvalue weighted by Gasteiger charge is 2.16. The van der Waals surface area contributed by atoms with E-state index < -0.39 is 0 Å². The summed E-state index contributed by atoms with van der Waals surface area (Å²) in [5.41, 5.74) is 1.49. The van der Waals surface area contributed by atoms with E-state index in [9.17, 15) is 0 Å². The van der Waals surface area contributed by atoms with Crippen LogP contribution in [0.3, 0.4) is 0 Å². The van der Waals surface area contributed by atoms with Gasteiger partial charge in [0.1, 0.15) is 0 Å². The van der Waals surface area contributed by atoms with Crippen molar-refractivity contribution >= 4 is 0 Å². The Kier molecular flexibility index (Phi) is 3.15. The average Bonchev–Trinajstić information content (AvgIpc) is 2.04. The van der Waals surface area contributed by atoms with Gasteiger partial charge in [0, 0.05) is 25.8 Å². The Morgan fingerprint density at radius 1 is 1.25 bits per heavy atom. The van der Waals surface area contributed by atoms with Crippen molar-refractivity contribution in [1.82, 2.24) is 9.80 Å². The standard InChI is InChI=1S/C10H20N2/c1-11(2)9-5-7-10(8-6-9)12(3)4/h5,10H,6-8H2,1-4H3. The molecule has 0 aromatic heterocycles. The first kappa shape index (κ1) is 9.59. The van der Waals surface area contributed by atoms with E-state index in [4.69, 9.17) is 0 Å². The molecule has 0 radical (unpaired) electrons. The van der Waals surface area contributed by atoms with Gasteiger partial charge in [-0.25, -0.2) is 0 Å². The molecule has 0 aromatic carbocycles. The molecule has 0 aromatic rings. The number of hydrogen-bond acceptors (Lipinski definition) is 2. The third-order valence-corrected chi connectivity index (χ3v) is 2.66. The monoisotopic (exact) mass is 168 g/mol. The van der Waals surface area contributed by atoms with Crippen LogP contribution in [-0.4, -0.2) is 44.0 Å². The largest absolute Gasteiger partial charge is 0.381 e. The summed E-state index contributed by atoms with van der Waals surface area (Å²) in [6.45, 7) is 0. The van der Waals surface area contributed by atoms with E-state index in [0.717, 1.165) is 6.04 Å². The van der Waals surface area contributed by atoms with Crippen molar-refractivity contribution in [2.24, 2.45) is 0 Å². The maximum atomic E-state index is 2.37. The molecular formula is C10H20N2. The van der Waals surface area contributed by atoms with E-state index in [1.165, 1.54) is 25.0 Å². The summed E-state index contributed by atoms with van der Waals surface area (Å²) in [6.07, 6.45) is 6.11. The summed E-state index contributed by atoms with van der Waals surface area (Å²) in [7, 11) is 8.59. The SMILES string of the molecule is CN(C)C1=CCC(N(C)C)CC1. The molecular weight excluding hydrogens is 148 g/mol. The summed E-state index contributed by atoms with van der Waals surface area (Å²) in [5.74, 6) is 0. The molecule has 1 unspecified atom stereocenters. The summed E-state index contributed by atoms with van der Waals surface area (Å²) in [6, 6.07) is 0.758. The van der Waals surface area contributed by atoms with E-state index >= 15 is 0 Å². The Labute approximate surface area is 75.8 Å². The second kappa shape index (κ2) is 3.94. The van der Waals surface area contributed by atoms with Crippen molar-refractivity contribution in [3.8, 4) is 0 Å². The smallest absolute Gasteiger partial charge is 0.0128 e. The van der Waals surface area contributed by atoms with Crippen LogP contribution < -0.4 is 0 Å². The van der Waals surface area contributed by atoms with Gasteiger partial charge < -0.3 is 9.80 Å². The number of allylic oxidation sites excluding steroid dienone is 1. The van der Waals surface area contributed by atoms with Crippen LogP contribution in [0.25, 0.3) is 0 Å². The van der Waals surface area contributed by atoms with E-state index in [2.05, 4.69) is 44.1 Å². The van der Waals surface area contributed by atoms with E-state index in [-0.39, 0.29) is 0 Å². The molecule has 1 atom stereocenters. The molecule has 12 heavy (non-hydrogen) atoms. The summed E-state index contributed by atoms with van der Waals surface area (Å²) in [5, 5.41) is 0. The highest BCUT2D eigenvalue weighted by molar-refractivity contribution is 5.05. The van der Waals surface area contributed by atoms with E-state index in [1.54, 1.807) is 0 Å². The third-order valence-electron chi connectivity index (χ3n) is 2.66. The van der Waals surface area contributed by atoms with Gasteiger partial charge in [-0.15, -0.1) is 0 Å². The van der Waals surface area contributed by atoms with Crippen molar-refractivity contribution in [1.29, 1.82) is 0 Å². The molecule has 1 aliphatic carbocycles. The van der Waals surface area contributed by atoms with Gasteiger partial charge in [-0.05, 0) is 33.4 Å². The lowest BCUT2D eigenvalue weighted by Gasteiger charge is -2.30. The molecule has 1 rings (SSSR count). The van der Waals surface area contributed by atoms with E-state index in [1.807, 2.05) is 0 Å². The van der Waals surface area contributed by atoms with Gasteiger partial charge in [-0.3, -0.25) is 0 Å². The molecule has 0 spiro atoms. The molecule has 70 valence electrons. The highest BCUT2D eigenvalue weighted by Crippen LogP contribution is 2.21. The van der Waals surface area contributed by atoms with Gasteiger partial charge in [0.25, 0.3) is 0 Å². The normalized spacial score (nSPS) is 24.1. The van der Waals surface area contributed by atoms with E-state index in [0.29, 0.717) is 0 Å². The van der Waals surface area contributed by atoms with Crippen molar-refractivity contribution in [3.05, 3.63) is 11.8 Å². The van der Waals surface area contributed by atoms with Crippen LogP contribution in [0.2, 0.25) is 0 Å². The third kappa shape index (κ3) is 2.24. The van der Waals surface area contributed by atoms with Crippen molar-refractivity contribution < 1.29 is 0 Å². The molecule has 0 amide bonds. The molecule has 1 aliphatic rings. The molecule has 0 aliphatic heterocycles. The molecule has 0 fully saturated rings. The van der Waals surface area contributed by atoms with Crippen LogP contribution >= 0.6 is 0 Å². The van der Waals surface area contributed by atoms with Crippen LogP contribution in [0.1, 0.15) is 19.3 Å². The molecule has 0 saturated carbocycles. The van der Waals surface area contributed by atoms with Gasteiger partial charge in [-0.2, -0.15) is 0 Å². The van der Waals surface area contributed by atoms with Crippen molar-refractivity contribution in [3.63, 3.8) is 0 Å². The first-order valence-corrected chi connectivity index (χ1v) is 4.64. The van der Waals surface area contributed by atoms with Crippen LogP contribution in [-0.2, 0) is 0 Å². The zero-order chi connectivity index (χ0) is 9.14. The Hall–Kier alpha value is -0.500. The fraction of sp³-hybridized carbons (Fsp3) is 0.800. The first-order valence-electron chi connectivity index (χ1n) is 4.64.